The molecule has 0 unspecified atom stereocenters. The fourth-order valence-electron chi connectivity index (χ4n) is 7.66. The van der Waals surface area contributed by atoms with Gasteiger partial charge in [0.15, 0.2) is 0 Å². The number of sulfonamides is 1. The summed E-state index contributed by atoms with van der Waals surface area (Å²) in [5.74, 6) is 0.566. The Kier molecular flexibility index (Phi) is 15.2. The second-order valence-electron chi connectivity index (χ2n) is 15.4. The molecule has 3 aromatic rings. The number of piperidine rings is 1. The van der Waals surface area contributed by atoms with E-state index in [-0.39, 0.29) is 36.0 Å². The van der Waals surface area contributed by atoms with E-state index >= 15 is 0 Å². The van der Waals surface area contributed by atoms with E-state index in [1.807, 2.05) is 58.9 Å². The first kappa shape index (κ1) is 42.6. The lowest BCUT2D eigenvalue weighted by atomic mass is 9.77. The number of hydrogen-bond donors (Lipinski definition) is 1. The number of methoxy groups -OCH3 is 1. The third-order valence-corrected chi connectivity index (χ3v) is 12.6. The van der Waals surface area contributed by atoms with Crippen molar-refractivity contribution in [1.29, 1.82) is 0 Å². The van der Waals surface area contributed by atoms with Gasteiger partial charge in [0.05, 0.1) is 49.2 Å². The SMILES string of the molecule is CCO[C@H](C)COCc1ccc([C@H]2C[C@H](CC(C)(C)C(=O)NC)N(S(=O)(=O)c3ccc(C)cc3)C[C@@H]2OCc2ccc3c(c2)N(CCCOC)CCO3)cc1. The fourth-order valence-corrected chi connectivity index (χ4v) is 9.31. The van der Waals surface area contributed by atoms with Crippen LogP contribution in [0.4, 0.5) is 5.69 Å². The van der Waals surface area contributed by atoms with Crippen molar-refractivity contribution < 1.29 is 36.9 Å². The Bertz CT molecular complexity index is 1780. The van der Waals surface area contributed by atoms with Crippen LogP contribution in [-0.2, 0) is 47.0 Å². The molecule has 5 rings (SSSR count). The number of rotatable bonds is 19. The van der Waals surface area contributed by atoms with Crippen LogP contribution in [0.1, 0.15) is 75.1 Å². The van der Waals surface area contributed by atoms with Crippen molar-refractivity contribution >= 4 is 21.6 Å². The topological polar surface area (TPSA) is 116 Å². The van der Waals surface area contributed by atoms with Gasteiger partial charge < -0.3 is 33.9 Å². The molecule has 1 saturated heterocycles. The highest BCUT2D eigenvalue weighted by molar-refractivity contribution is 7.89. The van der Waals surface area contributed by atoms with E-state index in [0.717, 1.165) is 53.2 Å². The molecule has 2 heterocycles. The third-order valence-electron chi connectivity index (χ3n) is 10.7. The normalized spacial score (nSPS) is 19.8. The van der Waals surface area contributed by atoms with Gasteiger partial charge in [-0.15, -0.1) is 0 Å². The van der Waals surface area contributed by atoms with Gasteiger partial charge in [-0.25, -0.2) is 8.42 Å². The quantitative estimate of drug-likeness (QED) is 0.137. The summed E-state index contributed by atoms with van der Waals surface area (Å²) in [6.45, 7) is 14.6. The zero-order valence-corrected chi connectivity index (χ0v) is 34.5. The zero-order valence-electron chi connectivity index (χ0n) is 33.7. The molecule has 0 radical (unpaired) electrons. The highest BCUT2D eigenvalue weighted by atomic mass is 32.2. The molecular weight excluding hydrogens is 719 g/mol. The highest BCUT2D eigenvalue weighted by Crippen LogP contribution is 2.41. The fraction of sp³-hybridized carbons (Fsp3) is 0.558. The summed E-state index contributed by atoms with van der Waals surface area (Å²) in [7, 11) is -0.617. The number of carbonyl (C=O) groups excluding carboxylic acids is 1. The summed E-state index contributed by atoms with van der Waals surface area (Å²) in [5, 5.41) is 2.78. The lowest BCUT2D eigenvalue weighted by Crippen LogP contribution is -2.54. The van der Waals surface area contributed by atoms with Gasteiger partial charge in [0.1, 0.15) is 12.4 Å². The van der Waals surface area contributed by atoms with Crippen LogP contribution in [0.25, 0.3) is 0 Å². The third kappa shape index (κ3) is 11.1. The number of fused-ring (bicyclic) bond motifs is 1. The molecule has 1 amide bonds. The average molecular weight is 780 g/mol. The lowest BCUT2D eigenvalue weighted by molar-refractivity contribution is -0.130. The summed E-state index contributed by atoms with van der Waals surface area (Å²) < 4.78 is 60.3. The predicted octanol–water partition coefficient (Wildman–Crippen LogP) is 6.47. The second-order valence-corrected chi connectivity index (χ2v) is 17.3. The van der Waals surface area contributed by atoms with Crippen molar-refractivity contribution in [3.05, 3.63) is 89.0 Å². The van der Waals surface area contributed by atoms with E-state index in [1.165, 1.54) is 0 Å². The van der Waals surface area contributed by atoms with Gasteiger partial charge >= 0.3 is 0 Å². The smallest absolute Gasteiger partial charge is 0.243 e. The van der Waals surface area contributed by atoms with Gasteiger partial charge in [-0.2, -0.15) is 4.31 Å². The first-order valence-electron chi connectivity index (χ1n) is 19.6. The first-order valence-corrected chi connectivity index (χ1v) is 21.0. The molecule has 0 aromatic heterocycles. The van der Waals surface area contributed by atoms with Crippen LogP contribution in [0.5, 0.6) is 5.75 Å². The standard InChI is InChI=1S/C43H61N3O8S/c1-8-52-32(3)28-51-29-33-12-15-35(16-13-33)38-25-36(26-43(4,5)42(47)44-6)46(55(48,49)37-17-10-31(2)11-18-37)27-41(38)54-30-34-14-19-40-39(24-34)45(21-23-53-40)20-9-22-50-7/h10-19,24,32,36,38,41H,8-9,20-23,25-30H2,1-7H3,(H,44,47)/t32-,36-,38-,41+/m1/s1. The van der Waals surface area contributed by atoms with Gasteiger partial charge in [-0.05, 0) is 81.0 Å². The van der Waals surface area contributed by atoms with E-state index in [9.17, 15) is 13.2 Å². The molecule has 4 atom stereocenters. The largest absolute Gasteiger partial charge is 0.490 e. The van der Waals surface area contributed by atoms with E-state index in [2.05, 4.69) is 40.5 Å². The zero-order chi connectivity index (χ0) is 39.6. The van der Waals surface area contributed by atoms with Crippen LogP contribution in [0.15, 0.2) is 71.6 Å². The minimum Gasteiger partial charge on any atom is -0.490 e. The number of carbonyl (C=O) groups is 1. The Labute approximate surface area is 328 Å². The Morgan fingerprint density at radius 2 is 1.76 bits per heavy atom. The molecule has 55 heavy (non-hydrogen) atoms. The van der Waals surface area contributed by atoms with Crippen molar-refractivity contribution in [2.45, 2.75) is 96.2 Å². The number of anilines is 1. The molecule has 0 bridgehead atoms. The molecule has 11 nitrogen and oxygen atoms in total. The van der Waals surface area contributed by atoms with Gasteiger partial charge in [-0.1, -0.05) is 61.9 Å². The van der Waals surface area contributed by atoms with Crippen LogP contribution in [0.2, 0.25) is 0 Å². The second kappa shape index (κ2) is 19.6. The Balaban J connectivity index is 1.46. The van der Waals surface area contributed by atoms with Gasteiger partial charge in [0.25, 0.3) is 0 Å². The number of hydrogen-bond acceptors (Lipinski definition) is 9. The first-order chi connectivity index (χ1) is 26.4. The molecule has 1 N–H and O–H groups in total. The number of nitrogens with zero attached hydrogens (tertiary/aromatic N) is 2. The maximum atomic E-state index is 14.6. The van der Waals surface area contributed by atoms with Gasteiger partial charge in [-0.3, -0.25) is 4.79 Å². The number of benzene rings is 3. The maximum Gasteiger partial charge on any atom is 0.243 e. The summed E-state index contributed by atoms with van der Waals surface area (Å²) in [5.41, 5.74) is 4.24. The van der Waals surface area contributed by atoms with Crippen molar-refractivity contribution in [1.82, 2.24) is 9.62 Å². The molecule has 0 saturated carbocycles. The minimum atomic E-state index is -3.95. The van der Waals surface area contributed by atoms with Crippen LogP contribution >= 0.6 is 0 Å². The molecule has 0 spiro atoms. The molecule has 3 aromatic carbocycles. The molecule has 12 heteroatoms. The Morgan fingerprint density at radius 3 is 2.45 bits per heavy atom. The molecular formula is C43H61N3O8S. The van der Waals surface area contributed by atoms with E-state index in [4.69, 9.17) is 23.7 Å². The molecule has 2 aliphatic rings. The van der Waals surface area contributed by atoms with Crippen molar-refractivity contribution in [3.63, 3.8) is 0 Å². The van der Waals surface area contributed by atoms with Crippen LogP contribution in [0.3, 0.4) is 0 Å². The summed E-state index contributed by atoms with van der Waals surface area (Å²) in [6.07, 6.45) is 1.26. The number of ether oxygens (including phenoxy) is 5. The maximum absolute atomic E-state index is 14.6. The van der Waals surface area contributed by atoms with E-state index < -0.39 is 27.6 Å². The lowest BCUT2D eigenvalue weighted by Gasteiger charge is -2.45. The van der Waals surface area contributed by atoms with Crippen molar-refractivity contribution in [2.75, 3.05) is 65.1 Å². The van der Waals surface area contributed by atoms with Crippen molar-refractivity contribution in [2.24, 2.45) is 5.41 Å². The van der Waals surface area contributed by atoms with E-state index in [0.29, 0.717) is 45.9 Å². The summed E-state index contributed by atoms with van der Waals surface area (Å²) in [6, 6.07) is 21.0. The highest BCUT2D eigenvalue weighted by Gasteiger charge is 2.45. The van der Waals surface area contributed by atoms with E-state index in [1.54, 1.807) is 30.6 Å². The Hall–Kier alpha value is -3.52. The van der Waals surface area contributed by atoms with Gasteiger partial charge in [0.2, 0.25) is 15.9 Å². The van der Waals surface area contributed by atoms with Crippen LogP contribution in [0, 0.1) is 12.3 Å². The predicted molar refractivity (Wildman–Crippen MR) is 215 cm³/mol. The van der Waals surface area contributed by atoms with Crippen LogP contribution in [-0.4, -0.2) is 97.1 Å². The molecule has 0 aliphatic carbocycles. The summed E-state index contributed by atoms with van der Waals surface area (Å²) in [4.78, 5) is 15.7. The van der Waals surface area contributed by atoms with Crippen LogP contribution < -0.4 is 15.0 Å². The Morgan fingerprint density at radius 1 is 1.04 bits per heavy atom. The minimum absolute atomic E-state index is 0.0147. The molecule has 2 aliphatic heterocycles. The average Bonchev–Trinajstić information content (AvgIpc) is 3.17. The molecule has 302 valence electrons. The number of amides is 1. The number of aryl methyl sites for hydroxylation is 1. The monoisotopic (exact) mass is 779 g/mol. The van der Waals surface area contributed by atoms with Gasteiger partial charge in [0, 0.05) is 57.8 Å². The summed E-state index contributed by atoms with van der Waals surface area (Å²) >= 11 is 0. The molecule has 1 fully saturated rings. The number of nitrogens with one attached hydrogen (secondary N) is 1. The van der Waals surface area contributed by atoms with Crippen molar-refractivity contribution in [3.8, 4) is 5.75 Å².